The lowest BCUT2D eigenvalue weighted by atomic mass is 10.1. The fourth-order valence-electron chi connectivity index (χ4n) is 2.61. The van der Waals surface area contributed by atoms with Crippen LogP contribution in [0.4, 0.5) is 4.79 Å². The molecule has 2 aromatic rings. The van der Waals surface area contributed by atoms with E-state index >= 15 is 0 Å². The van der Waals surface area contributed by atoms with Crippen LogP contribution < -0.4 is 10.6 Å². The fraction of sp³-hybridized carbons (Fsp3) is 0.381. The molecule has 31 heavy (non-hydrogen) atoms. The number of hydrogen-bond acceptors (Lipinski definition) is 7. The molecule has 0 bridgehead atoms. The molecule has 0 aliphatic heterocycles. The Balaban J connectivity index is 2.04. The molecule has 2 aromatic heterocycles. The number of aromatic nitrogens is 2. The van der Waals surface area contributed by atoms with E-state index in [1.54, 1.807) is 39.1 Å². The van der Waals surface area contributed by atoms with Crippen LogP contribution in [0.25, 0.3) is 11.0 Å². The third-order valence-electron chi connectivity index (χ3n) is 3.92. The van der Waals surface area contributed by atoms with Gasteiger partial charge < -0.3 is 25.1 Å². The van der Waals surface area contributed by atoms with Gasteiger partial charge in [-0.2, -0.15) is 0 Å². The highest BCUT2D eigenvalue weighted by Gasteiger charge is 2.27. The Morgan fingerprint density at radius 2 is 2.03 bits per heavy atom. The minimum absolute atomic E-state index is 0.0350. The predicted molar refractivity (Wildman–Crippen MR) is 112 cm³/mol. The van der Waals surface area contributed by atoms with E-state index in [0.29, 0.717) is 16.6 Å². The molecule has 0 aromatic carbocycles. The second-order valence-electron chi connectivity index (χ2n) is 7.62. The standard InChI is InChI=1S/C21H26N4O6/c1-5-9-30-17(27)10-15(25-20(29)31-21(2,3)4)19(28)24-12-16(26)14-11-23-18-13(14)7-6-8-22-18/h5-8,11,15H,1,9-10,12H2,2-4H3,(H,22,23)(H,24,28)(H,25,29)/t15-/m1/s1. The zero-order valence-corrected chi connectivity index (χ0v) is 17.7. The van der Waals surface area contributed by atoms with Crippen molar-refractivity contribution >= 4 is 34.8 Å². The molecule has 0 fully saturated rings. The Morgan fingerprint density at radius 1 is 1.29 bits per heavy atom. The number of amides is 2. The molecule has 0 aliphatic rings. The van der Waals surface area contributed by atoms with Crippen molar-refractivity contribution < 1.29 is 28.7 Å². The van der Waals surface area contributed by atoms with Gasteiger partial charge >= 0.3 is 12.1 Å². The third-order valence-corrected chi connectivity index (χ3v) is 3.92. The predicted octanol–water partition coefficient (Wildman–Crippen LogP) is 1.87. The average molecular weight is 430 g/mol. The summed E-state index contributed by atoms with van der Waals surface area (Å²) in [5.41, 5.74) is 0.116. The quantitative estimate of drug-likeness (QED) is 0.313. The maximum Gasteiger partial charge on any atom is 0.408 e. The van der Waals surface area contributed by atoms with Gasteiger partial charge in [-0.1, -0.05) is 12.7 Å². The van der Waals surface area contributed by atoms with Crippen LogP contribution >= 0.6 is 0 Å². The highest BCUT2D eigenvalue weighted by Crippen LogP contribution is 2.15. The monoisotopic (exact) mass is 430 g/mol. The van der Waals surface area contributed by atoms with Crippen LogP contribution in [0.15, 0.2) is 37.2 Å². The number of ether oxygens (including phenoxy) is 2. The number of alkyl carbamates (subject to hydrolysis) is 1. The average Bonchev–Trinajstić information content (AvgIpc) is 3.12. The molecular weight excluding hydrogens is 404 g/mol. The van der Waals surface area contributed by atoms with Gasteiger partial charge in [-0.3, -0.25) is 14.4 Å². The van der Waals surface area contributed by atoms with Gasteiger partial charge in [-0.25, -0.2) is 9.78 Å². The summed E-state index contributed by atoms with van der Waals surface area (Å²) in [5, 5.41) is 5.41. The van der Waals surface area contributed by atoms with E-state index < -0.39 is 36.0 Å². The van der Waals surface area contributed by atoms with Gasteiger partial charge in [0.05, 0.1) is 13.0 Å². The molecule has 1 atom stereocenters. The van der Waals surface area contributed by atoms with Crippen LogP contribution in [-0.4, -0.2) is 58.5 Å². The molecule has 0 aliphatic carbocycles. The molecule has 0 spiro atoms. The molecule has 166 valence electrons. The third kappa shape index (κ3) is 7.25. The van der Waals surface area contributed by atoms with Crippen molar-refractivity contribution in [3.05, 3.63) is 42.7 Å². The fourth-order valence-corrected chi connectivity index (χ4v) is 2.61. The zero-order valence-electron chi connectivity index (χ0n) is 17.7. The number of nitrogens with zero attached hydrogens (tertiary/aromatic N) is 1. The lowest BCUT2D eigenvalue weighted by molar-refractivity contribution is -0.144. The van der Waals surface area contributed by atoms with Gasteiger partial charge in [0, 0.05) is 23.3 Å². The number of esters is 1. The maximum atomic E-state index is 12.6. The van der Waals surface area contributed by atoms with Crippen molar-refractivity contribution in [3.8, 4) is 0 Å². The summed E-state index contributed by atoms with van der Waals surface area (Å²) in [6.45, 7) is 8.05. The molecular formula is C21H26N4O6. The van der Waals surface area contributed by atoms with Crippen LogP contribution in [0.5, 0.6) is 0 Å². The van der Waals surface area contributed by atoms with Crippen LogP contribution in [0.1, 0.15) is 37.6 Å². The molecule has 3 N–H and O–H groups in total. The Bertz CT molecular complexity index is 976. The zero-order chi connectivity index (χ0) is 23.0. The van der Waals surface area contributed by atoms with Gasteiger partial charge in [0.2, 0.25) is 5.91 Å². The molecule has 10 nitrogen and oxygen atoms in total. The van der Waals surface area contributed by atoms with E-state index in [4.69, 9.17) is 9.47 Å². The first-order chi connectivity index (χ1) is 14.6. The molecule has 2 amide bonds. The summed E-state index contributed by atoms with van der Waals surface area (Å²) in [6, 6.07) is 2.14. The van der Waals surface area contributed by atoms with Crippen molar-refractivity contribution in [2.45, 2.75) is 38.8 Å². The van der Waals surface area contributed by atoms with Gasteiger partial charge in [0.1, 0.15) is 23.9 Å². The van der Waals surface area contributed by atoms with Crippen LogP contribution in [0, 0.1) is 0 Å². The number of rotatable bonds is 9. The smallest absolute Gasteiger partial charge is 0.408 e. The van der Waals surface area contributed by atoms with Crippen LogP contribution in [0.3, 0.4) is 0 Å². The Morgan fingerprint density at radius 3 is 2.71 bits per heavy atom. The van der Waals surface area contributed by atoms with Crippen molar-refractivity contribution in [1.82, 2.24) is 20.6 Å². The number of aromatic amines is 1. The Kier molecular flexibility index (Phi) is 7.89. The second kappa shape index (κ2) is 10.4. The highest BCUT2D eigenvalue weighted by molar-refractivity contribution is 6.09. The van der Waals surface area contributed by atoms with E-state index in [1.165, 1.54) is 12.3 Å². The first-order valence-corrected chi connectivity index (χ1v) is 9.59. The van der Waals surface area contributed by atoms with Crippen molar-refractivity contribution in [2.75, 3.05) is 13.2 Å². The largest absolute Gasteiger partial charge is 0.461 e. The second-order valence-corrected chi connectivity index (χ2v) is 7.62. The van der Waals surface area contributed by atoms with Gasteiger partial charge in [-0.05, 0) is 32.9 Å². The molecule has 0 saturated heterocycles. The molecule has 2 rings (SSSR count). The minimum atomic E-state index is -1.29. The van der Waals surface area contributed by atoms with Gasteiger partial charge in [0.25, 0.3) is 0 Å². The SMILES string of the molecule is C=CCOC(=O)C[C@@H](NC(=O)OC(C)(C)C)C(=O)NCC(=O)c1c[nH]c2ncccc12. The molecule has 0 unspecified atom stereocenters. The summed E-state index contributed by atoms with van der Waals surface area (Å²) >= 11 is 0. The first kappa shape index (κ1) is 23.6. The number of carbonyl (C=O) groups excluding carboxylic acids is 4. The molecule has 10 heteroatoms. The summed E-state index contributed by atoms with van der Waals surface area (Å²) in [6.07, 6.45) is 3.16. The van der Waals surface area contributed by atoms with Gasteiger partial charge in [0.15, 0.2) is 5.78 Å². The highest BCUT2D eigenvalue weighted by atomic mass is 16.6. The van der Waals surface area contributed by atoms with Crippen LogP contribution in [-0.2, 0) is 19.1 Å². The molecule has 0 radical (unpaired) electrons. The molecule has 0 saturated carbocycles. The number of hydrogen-bond donors (Lipinski definition) is 3. The minimum Gasteiger partial charge on any atom is -0.461 e. The number of fused-ring (bicyclic) bond motifs is 1. The number of nitrogens with one attached hydrogen (secondary N) is 3. The number of H-pyrrole nitrogens is 1. The van der Waals surface area contributed by atoms with E-state index in [0.717, 1.165) is 0 Å². The maximum absolute atomic E-state index is 12.6. The normalized spacial score (nSPS) is 12.0. The van der Waals surface area contributed by atoms with Crippen molar-refractivity contribution in [1.29, 1.82) is 0 Å². The topological polar surface area (TPSA) is 139 Å². The number of carbonyl (C=O) groups is 4. The van der Waals surface area contributed by atoms with E-state index in [9.17, 15) is 19.2 Å². The van der Waals surface area contributed by atoms with E-state index in [2.05, 4.69) is 27.2 Å². The number of Topliss-reactive ketones (excluding diaryl/α,β-unsaturated/α-hetero) is 1. The van der Waals surface area contributed by atoms with Crippen LogP contribution in [0.2, 0.25) is 0 Å². The first-order valence-electron chi connectivity index (χ1n) is 9.59. The summed E-state index contributed by atoms with van der Waals surface area (Å²) in [4.78, 5) is 56.2. The van der Waals surface area contributed by atoms with Gasteiger partial charge in [-0.15, -0.1) is 0 Å². The number of pyridine rings is 1. The number of ketones is 1. The summed E-state index contributed by atoms with van der Waals surface area (Å²) in [7, 11) is 0. The van der Waals surface area contributed by atoms with E-state index in [-0.39, 0.29) is 18.9 Å². The van der Waals surface area contributed by atoms with E-state index in [1.807, 2.05) is 0 Å². The lowest BCUT2D eigenvalue weighted by Gasteiger charge is -2.23. The Hall–Kier alpha value is -3.69. The van der Waals surface area contributed by atoms with Crippen molar-refractivity contribution in [3.63, 3.8) is 0 Å². The Labute approximate surface area is 179 Å². The molecule has 2 heterocycles. The lowest BCUT2D eigenvalue weighted by Crippen LogP contribution is -2.50. The van der Waals surface area contributed by atoms with Crippen molar-refractivity contribution in [2.24, 2.45) is 0 Å². The summed E-state index contributed by atoms with van der Waals surface area (Å²) < 4.78 is 10.0. The summed E-state index contributed by atoms with van der Waals surface area (Å²) in [5.74, 6) is -1.81.